The van der Waals surface area contributed by atoms with Crippen molar-refractivity contribution in [2.24, 2.45) is 7.05 Å². The Bertz CT molecular complexity index is 1730. The zero-order chi connectivity index (χ0) is 29.1. The number of anilines is 3. The van der Waals surface area contributed by atoms with Crippen LogP contribution in [-0.4, -0.2) is 79.9 Å². The Hall–Kier alpha value is -4.35. The van der Waals surface area contributed by atoms with E-state index in [0.29, 0.717) is 48.1 Å². The highest BCUT2D eigenvalue weighted by Gasteiger charge is 2.37. The maximum Gasteiger partial charge on any atom is 0.256 e. The zero-order valence-corrected chi connectivity index (χ0v) is 23.9. The molecule has 2 aliphatic rings. The molecule has 0 aromatic carbocycles. The molecule has 1 saturated heterocycles. The van der Waals surface area contributed by atoms with Gasteiger partial charge >= 0.3 is 0 Å². The van der Waals surface area contributed by atoms with E-state index in [1.54, 1.807) is 23.1 Å². The van der Waals surface area contributed by atoms with Gasteiger partial charge in [0.1, 0.15) is 24.0 Å². The van der Waals surface area contributed by atoms with Gasteiger partial charge in [-0.05, 0) is 43.7 Å². The number of pyridine rings is 1. The predicted molar refractivity (Wildman–Crippen MR) is 157 cm³/mol. The molecular weight excluding hydrogens is 559 g/mol. The first-order chi connectivity index (χ1) is 20.4. The highest BCUT2D eigenvalue weighted by atomic mass is 32.2. The second-order valence-electron chi connectivity index (χ2n) is 10.4. The van der Waals surface area contributed by atoms with Gasteiger partial charge in [-0.2, -0.15) is 14.3 Å². The lowest BCUT2D eigenvalue weighted by atomic mass is 10.0. The Balaban J connectivity index is 1.24. The van der Waals surface area contributed by atoms with Crippen molar-refractivity contribution < 1.29 is 12.8 Å². The lowest BCUT2D eigenvalue weighted by Crippen LogP contribution is -2.43. The van der Waals surface area contributed by atoms with Gasteiger partial charge < -0.3 is 15.5 Å². The van der Waals surface area contributed by atoms with Crippen LogP contribution in [0.5, 0.6) is 0 Å². The van der Waals surface area contributed by atoms with Crippen molar-refractivity contribution in [3.05, 3.63) is 60.4 Å². The SMILES string of the molecule is Cn1ccc(C#Cc2cnc(Nc3ccnc(-c4cnn(S(=O)(=O)C5CC5)c4)n3)cc2N2CCC(NCCF)CC2)n1. The Kier molecular flexibility index (Phi) is 7.86. The van der Waals surface area contributed by atoms with Crippen molar-refractivity contribution in [2.75, 3.05) is 36.5 Å². The number of nitrogens with zero attached hydrogens (tertiary/aromatic N) is 8. The van der Waals surface area contributed by atoms with Crippen LogP contribution in [0, 0.1) is 11.8 Å². The van der Waals surface area contributed by atoms with Crippen LogP contribution in [0.1, 0.15) is 36.9 Å². The molecule has 14 heteroatoms. The van der Waals surface area contributed by atoms with Crippen molar-refractivity contribution in [3.8, 4) is 23.2 Å². The number of hydrogen-bond donors (Lipinski definition) is 2. The molecule has 5 heterocycles. The first-order valence-corrected chi connectivity index (χ1v) is 15.3. The van der Waals surface area contributed by atoms with Gasteiger partial charge in [-0.1, -0.05) is 5.92 Å². The fraction of sp³-hybridized carbons (Fsp3) is 0.393. The van der Waals surface area contributed by atoms with Gasteiger partial charge in [-0.3, -0.25) is 4.68 Å². The van der Waals surface area contributed by atoms with Crippen molar-refractivity contribution in [1.82, 2.24) is 39.2 Å². The summed E-state index contributed by atoms with van der Waals surface area (Å²) in [5, 5.41) is 14.5. The summed E-state index contributed by atoms with van der Waals surface area (Å²) in [5.41, 5.74) is 2.87. The Morgan fingerprint density at radius 2 is 1.90 bits per heavy atom. The summed E-state index contributed by atoms with van der Waals surface area (Å²) in [6.45, 7) is 1.57. The van der Waals surface area contributed by atoms with Gasteiger partial charge in [0.15, 0.2) is 5.82 Å². The van der Waals surface area contributed by atoms with Crippen molar-refractivity contribution >= 4 is 27.3 Å². The molecule has 218 valence electrons. The molecule has 1 saturated carbocycles. The van der Waals surface area contributed by atoms with E-state index in [9.17, 15) is 12.8 Å². The lowest BCUT2D eigenvalue weighted by molar-refractivity contribution is 0.382. The summed E-state index contributed by atoms with van der Waals surface area (Å²) < 4.78 is 40.4. The average Bonchev–Trinajstić information content (AvgIpc) is 3.60. The molecule has 2 N–H and O–H groups in total. The van der Waals surface area contributed by atoms with Crippen LogP contribution >= 0.6 is 0 Å². The van der Waals surface area contributed by atoms with Crippen LogP contribution in [-0.2, 0) is 17.1 Å². The highest BCUT2D eigenvalue weighted by Crippen LogP contribution is 2.31. The van der Waals surface area contributed by atoms with Gasteiger partial charge in [-0.25, -0.2) is 27.8 Å². The summed E-state index contributed by atoms with van der Waals surface area (Å²) in [7, 11) is -1.63. The summed E-state index contributed by atoms with van der Waals surface area (Å²) >= 11 is 0. The maximum absolute atomic E-state index is 12.6. The van der Waals surface area contributed by atoms with E-state index in [4.69, 9.17) is 0 Å². The lowest BCUT2D eigenvalue weighted by Gasteiger charge is -2.34. The second-order valence-corrected chi connectivity index (χ2v) is 12.4. The van der Waals surface area contributed by atoms with E-state index >= 15 is 0 Å². The molecule has 1 aliphatic heterocycles. The molecule has 12 nitrogen and oxygen atoms in total. The molecule has 0 bridgehead atoms. The normalized spacial score (nSPS) is 15.8. The summed E-state index contributed by atoms with van der Waals surface area (Å²) in [5.74, 6) is 7.76. The van der Waals surface area contributed by atoms with Crippen LogP contribution in [0.4, 0.5) is 21.7 Å². The molecule has 1 aliphatic carbocycles. The van der Waals surface area contributed by atoms with Crippen LogP contribution in [0.2, 0.25) is 0 Å². The summed E-state index contributed by atoms with van der Waals surface area (Å²) in [6.07, 6.45) is 11.2. The molecule has 4 aromatic heterocycles. The molecule has 0 atom stereocenters. The molecular formula is C28H31FN10O2S. The number of rotatable bonds is 9. The smallest absolute Gasteiger partial charge is 0.256 e. The topological polar surface area (TPSA) is 136 Å². The Morgan fingerprint density at radius 1 is 1.07 bits per heavy atom. The van der Waals surface area contributed by atoms with Crippen LogP contribution in [0.3, 0.4) is 0 Å². The average molecular weight is 591 g/mol. The van der Waals surface area contributed by atoms with Gasteiger partial charge in [0, 0.05) is 57.4 Å². The molecule has 0 radical (unpaired) electrons. The number of alkyl halides is 1. The minimum Gasteiger partial charge on any atom is -0.370 e. The minimum absolute atomic E-state index is 0.280. The minimum atomic E-state index is -3.48. The maximum atomic E-state index is 12.6. The quantitative estimate of drug-likeness (QED) is 0.280. The zero-order valence-electron chi connectivity index (χ0n) is 23.1. The molecule has 2 fully saturated rings. The Morgan fingerprint density at radius 3 is 2.64 bits per heavy atom. The van der Waals surface area contributed by atoms with E-state index < -0.39 is 10.0 Å². The fourth-order valence-corrected chi connectivity index (χ4v) is 6.32. The molecule has 4 aromatic rings. The first-order valence-electron chi connectivity index (χ1n) is 13.8. The summed E-state index contributed by atoms with van der Waals surface area (Å²) in [6, 6.07) is 5.80. The largest absolute Gasteiger partial charge is 0.370 e. The van der Waals surface area contributed by atoms with E-state index in [1.165, 1.54) is 12.4 Å². The number of hydrogen-bond acceptors (Lipinski definition) is 10. The molecule has 0 spiro atoms. The van der Waals surface area contributed by atoms with Crippen molar-refractivity contribution in [1.29, 1.82) is 0 Å². The van der Waals surface area contributed by atoms with Crippen LogP contribution in [0.25, 0.3) is 11.4 Å². The number of aromatic nitrogens is 7. The van der Waals surface area contributed by atoms with E-state index in [1.807, 2.05) is 25.4 Å². The number of piperidine rings is 1. The summed E-state index contributed by atoms with van der Waals surface area (Å²) in [4.78, 5) is 15.7. The third kappa shape index (κ3) is 6.27. The van der Waals surface area contributed by atoms with Gasteiger partial charge in [-0.15, -0.1) is 0 Å². The predicted octanol–water partition coefficient (Wildman–Crippen LogP) is 2.48. The molecule has 6 rings (SSSR count). The molecule has 42 heavy (non-hydrogen) atoms. The number of aryl methyl sites for hydroxylation is 1. The van der Waals surface area contributed by atoms with Gasteiger partial charge in [0.05, 0.1) is 34.5 Å². The van der Waals surface area contributed by atoms with E-state index in [0.717, 1.165) is 41.3 Å². The number of nitrogens with one attached hydrogen (secondary N) is 2. The van der Waals surface area contributed by atoms with Crippen LogP contribution in [0.15, 0.2) is 49.2 Å². The molecule has 0 unspecified atom stereocenters. The highest BCUT2D eigenvalue weighted by molar-refractivity contribution is 7.90. The van der Waals surface area contributed by atoms with Crippen molar-refractivity contribution in [2.45, 2.75) is 37.0 Å². The van der Waals surface area contributed by atoms with Crippen LogP contribution < -0.4 is 15.5 Å². The third-order valence-corrected chi connectivity index (χ3v) is 9.26. The van der Waals surface area contributed by atoms with E-state index in [2.05, 4.69) is 52.5 Å². The monoisotopic (exact) mass is 590 g/mol. The van der Waals surface area contributed by atoms with Gasteiger partial charge in [0.2, 0.25) is 0 Å². The third-order valence-electron chi connectivity index (χ3n) is 7.22. The first kappa shape index (κ1) is 27.8. The standard InChI is InChI=1S/C28H31FN10O2S/c1-37-13-7-23(36-37)3-2-20-17-32-27(16-25(20)38-14-8-22(9-15-38)30-12-10-29)34-26-6-11-31-28(35-26)21-18-33-39(19-21)42(40,41)24-4-5-24/h6-7,11,13,16-19,22,24,30H,4-5,8-10,12,14-15H2,1H3,(H,31,32,34,35). The molecule has 0 amide bonds. The fourth-order valence-electron chi connectivity index (χ4n) is 4.84. The van der Waals surface area contributed by atoms with Gasteiger partial charge in [0.25, 0.3) is 10.0 Å². The second kappa shape index (κ2) is 11.9. The van der Waals surface area contributed by atoms with Crippen molar-refractivity contribution in [3.63, 3.8) is 0 Å². The number of halogens is 1. The van der Waals surface area contributed by atoms with E-state index in [-0.39, 0.29) is 18.0 Å². The Labute approximate surface area is 243 Å².